The summed E-state index contributed by atoms with van der Waals surface area (Å²) in [5.41, 5.74) is 2.83. The van der Waals surface area contributed by atoms with E-state index in [0.717, 1.165) is 49.0 Å². The van der Waals surface area contributed by atoms with Crippen LogP contribution in [0.3, 0.4) is 0 Å². The first kappa shape index (κ1) is 21.5. The van der Waals surface area contributed by atoms with Gasteiger partial charge in [0.2, 0.25) is 0 Å². The highest BCUT2D eigenvalue weighted by molar-refractivity contribution is 5.65. The molecular weight excluding hydrogens is 374 g/mol. The van der Waals surface area contributed by atoms with Crippen LogP contribution < -0.4 is 0 Å². The Hall–Kier alpha value is -1.70. The molecule has 0 spiro atoms. The molecule has 4 atom stereocenters. The molecule has 0 aliphatic heterocycles. The quantitative estimate of drug-likeness (QED) is 0.447. The molecule has 2 fully saturated rings. The minimum atomic E-state index is -0.415. The summed E-state index contributed by atoms with van der Waals surface area (Å²) < 4.78 is 30.1. The lowest BCUT2D eigenvalue weighted by Gasteiger charge is -2.42. The highest BCUT2D eigenvalue weighted by Gasteiger charge is 2.36. The van der Waals surface area contributed by atoms with E-state index in [0.29, 0.717) is 11.5 Å². The monoisotopic (exact) mass is 410 g/mol. The standard InChI is InChI=1S/C28H36F2/c1-3-5-19-7-10-21(11-8-19)28-26(29)17-25(18-27(28)30)24-14-13-22-15-20(6-4-2)9-12-23(22)16-24/h7-8,10-11,17-18,20,22-24H,3-6,9,12-16H2,1-2H3. The van der Waals surface area contributed by atoms with Crippen LogP contribution in [0.15, 0.2) is 36.4 Å². The summed E-state index contributed by atoms with van der Waals surface area (Å²) in [5, 5.41) is 0. The molecule has 162 valence electrons. The molecule has 0 N–H and O–H groups in total. The van der Waals surface area contributed by atoms with Gasteiger partial charge >= 0.3 is 0 Å². The molecule has 0 aromatic heterocycles. The van der Waals surface area contributed by atoms with Crippen LogP contribution in [0.4, 0.5) is 8.78 Å². The van der Waals surface area contributed by atoms with Crippen LogP contribution in [0.5, 0.6) is 0 Å². The van der Waals surface area contributed by atoms with Crippen molar-refractivity contribution in [1.29, 1.82) is 0 Å². The molecule has 0 amide bonds. The fourth-order valence-electron chi connectivity index (χ4n) is 6.19. The lowest BCUT2D eigenvalue weighted by atomic mass is 9.63. The molecule has 2 aliphatic carbocycles. The Balaban J connectivity index is 1.48. The zero-order valence-corrected chi connectivity index (χ0v) is 18.6. The van der Waals surface area contributed by atoms with Gasteiger partial charge in [-0.1, -0.05) is 63.8 Å². The molecule has 2 heteroatoms. The maximum atomic E-state index is 15.0. The second kappa shape index (κ2) is 9.62. The first-order valence-electron chi connectivity index (χ1n) is 12.2. The summed E-state index contributed by atoms with van der Waals surface area (Å²) in [6.07, 6.45) is 12.1. The molecule has 2 saturated carbocycles. The lowest BCUT2D eigenvalue weighted by molar-refractivity contribution is 0.114. The normalized spacial score (nSPS) is 26.4. The van der Waals surface area contributed by atoms with Crippen LogP contribution in [0.2, 0.25) is 0 Å². The van der Waals surface area contributed by atoms with Crippen molar-refractivity contribution in [2.75, 3.05) is 0 Å². The van der Waals surface area contributed by atoms with Gasteiger partial charge in [-0.3, -0.25) is 0 Å². The minimum Gasteiger partial charge on any atom is -0.206 e. The molecular formula is C28H36F2. The number of fused-ring (bicyclic) bond motifs is 1. The predicted molar refractivity (Wildman–Crippen MR) is 122 cm³/mol. The van der Waals surface area contributed by atoms with Crippen molar-refractivity contribution >= 4 is 0 Å². The van der Waals surface area contributed by atoms with E-state index in [1.165, 1.54) is 44.1 Å². The first-order chi connectivity index (χ1) is 14.6. The van der Waals surface area contributed by atoms with Crippen LogP contribution in [0.25, 0.3) is 11.1 Å². The second-order valence-electron chi connectivity index (χ2n) is 9.80. The van der Waals surface area contributed by atoms with Crippen molar-refractivity contribution in [1.82, 2.24) is 0 Å². The Bertz CT molecular complexity index is 815. The van der Waals surface area contributed by atoms with Crippen molar-refractivity contribution < 1.29 is 8.78 Å². The average Bonchev–Trinajstić information content (AvgIpc) is 2.74. The molecule has 4 rings (SSSR count). The van der Waals surface area contributed by atoms with Gasteiger partial charge in [-0.2, -0.15) is 0 Å². The third kappa shape index (κ3) is 4.63. The Kier molecular flexibility index (Phi) is 6.91. The number of halogens is 2. The van der Waals surface area contributed by atoms with Crippen molar-refractivity contribution in [3.63, 3.8) is 0 Å². The van der Waals surface area contributed by atoms with Gasteiger partial charge in [-0.05, 0) is 91.0 Å². The molecule has 0 bridgehead atoms. The Morgan fingerprint density at radius 2 is 1.47 bits per heavy atom. The van der Waals surface area contributed by atoms with E-state index in [-0.39, 0.29) is 5.56 Å². The molecule has 2 aromatic carbocycles. The van der Waals surface area contributed by atoms with E-state index in [1.54, 1.807) is 12.1 Å². The predicted octanol–water partition coefficient (Wildman–Crippen LogP) is 8.68. The van der Waals surface area contributed by atoms with Gasteiger partial charge in [-0.25, -0.2) is 8.78 Å². The molecule has 0 nitrogen and oxygen atoms in total. The second-order valence-corrected chi connectivity index (χ2v) is 9.80. The van der Waals surface area contributed by atoms with Crippen molar-refractivity contribution in [2.45, 2.75) is 84.0 Å². The summed E-state index contributed by atoms with van der Waals surface area (Å²) in [6, 6.07) is 10.9. The largest absolute Gasteiger partial charge is 0.206 e. The first-order valence-corrected chi connectivity index (χ1v) is 12.2. The van der Waals surface area contributed by atoms with E-state index in [4.69, 9.17) is 0 Å². The SMILES string of the molecule is CCCc1ccc(-c2c(F)cc(C3CCC4CC(CCC)CCC4C3)cc2F)cc1. The maximum absolute atomic E-state index is 15.0. The van der Waals surface area contributed by atoms with Gasteiger partial charge in [0.1, 0.15) is 11.6 Å². The van der Waals surface area contributed by atoms with Crippen molar-refractivity contribution in [2.24, 2.45) is 17.8 Å². The van der Waals surface area contributed by atoms with E-state index in [9.17, 15) is 0 Å². The molecule has 2 aromatic rings. The topological polar surface area (TPSA) is 0 Å². The smallest absolute Gasteiger partial charge is 0.134 e. The Morgan fingerprint density at radius 3 is 2.13 bits per heavy atom. The van der Waals surface area contributed by atoms with Gasteiger partial charge < -0.3 is 0 Å². The van der Waals surface area contributed by atoms with Gasteiger partial charge in [-0.15, -0.1) is 0 Å². The van der Waals surface area contributed by atoms with Crippen LogP contribution >= 0.6 is 0 Å². The number of hydrogen-bond donors (Lipinski definition) is 0. The third-order valence-corrected chi connectivity index (χ3v) is 7.74. The molecule has 30 heavy (non-hydrogen) atoms. The average molecular weight is 411 g/mol. The number of benzene rings is 2. The van der Waals surface area contributed by atoms with Gasteiger partial charge in [0.05, 0.1) is 5.56 Å². The summed E-state index contributed by atoms with van der Waals surface area (Å²) in [6.45, 7) is 4.42. The molecule has 0 radical (unpaired) electrons. The van der Waals surface area contributed by atoms with Crippen molar-refractivity contribution in [3.8, 4) is 11.1 Å². The molecule has 0 heterocycles. The van der Waals surface area contributed by atoms with Crippen LogP contribution in [-0.4, -0.2) is 0 Å². The Morgan fingerprint density at radius 1 is 0.800 bits per heavy atom. The number of hydrogen-bond acceptors (Lipinski definition) is 0. The minimum absolute atomic E-state index is 0.121. The van der Waals surface area contributed by atoms with Gasteiger partial charge in [0.15, 0.2) is 0 Å². The van der Waals surface area contributed by atoms with Crippen molar-refractivity contribution in [3.05, 3.63) is 59.2 Å². The van der Waals surface area contributed by atoms with E-state index in [1.807, 2.05) is 24.3 Å². The van der Waals surface area contributed by atoms with E-state index >= 15 is 8.78 Å². The summed E-state index contributed by atoms with van der Waals surface area (Å²) in [5.74, 6) is 1.96. The van der Waals surface area contributed by atoms with Crippen LogP contribution in [-0.2, 0) is 6.42 Å². The van der Waals surface area contributed by atoms with Crippen LogP contribution in [0.1, 0.15) is 88.7 Å². The molecule has 0 saturated heterocycles. The molecule has 4 unspecified atom stereocenters. The summed E-state index contributed by atoms with van der Waals surface area (Å²) >= 11 is 0. The third-order valence-electron chi connectivity index (χ3n) is 7.74. The maximum Gasteiger partial charge on any atom is 0.134 e. The zero-order valence-electron chi connectivity index (χ0n) is 18.6. The lowest BCUT2D eigenvalue weighted by Crippen LogP contribution is -2.30. The summed E-state index contributed by atoms with van der Waals surface area (Å²) in [7, 11) is 0. The van der Waals surface area contributed by atoms with Gasteiger partial charge in [0.25, 0.3) is 0 Å². The van der Waals surface area contributed by atoms with Crippen LogP contribution in [0, 0.1) is 29.4 Å². The summed E-state index contributed by atoms with van der Waals surface area (Å²) in [4.78, 5) is 0. The fourth-order valence-corrected chi connectivity index (χ4v) is 6.19. The Labute approximate surface area is 181 Å². The molecule has 2 aliphatic rings. The highest BCUT2D eigenvalue weighted by Crippen LogP contribution is 2.48. The van der Waals surface area contributed by atoms with Gasteiger partial charge in [0, 0.05) is 0 Å². The van der Waals surface area contributed by atoms with E-state index in [2.05, 4.69) is 13.8 Å². The number of aryl methyl sites for hydroxylation is 1. The van der Waals surface area contributed by atoms with E-state index < -0.39 is 11.6 Å². The highest BCUT2D eigenvalue weighted by atomic mass is 19.1. The fraction of sp³-hybridized carbons (Fsp3) is 0.571. The number of rotatable bonds is 6. The zero-order chi connectivity index (χ0) is 21.1.